The van der Waals surface area contributed by atoms with Crippen LogP contribution in [-0.4, -0.2) is 14.1 Å². The molecule has 2 aromatic heterocycles. The number of imidazole rings is 1. The summed E-state index contributed by atoms with van der Waals surface area (Å²) < 4.78 is 3.67. The van der Waals surface area contributed by atoms with Crippen molar-refractivity contribution in [3.63, 3.8) is 0 Å². The number of halogens is 1. The Morgan fingerprint density at radius 2 is 1.77 bits per heavy atom. The van der Waals surface area contributed by atoms with Crippen molar-refractivity contribution in [2.24, 2.45) is 7.05 Å². The number of nitrogens with one attached hydrogen (secondary N) is 1. The zero-order chi connectivity index (χ0) is 20.8. The first-order valence-corrected chi connectivity index (χ1v) is 9.76. The first-order valence-electron chi connectivity index (χ1n) is 9.38. The summed E-state index contributed by atoms with van der Waals surface area (Å²) in [6.07, 6.45) is 1.79. The Bertz CT molecular complexity index is 1540. The molecule has 144 valence electrons. The molecule has 3 aromatic carbocycles. The molecule has 0 fully saturated rings. The summed E-state index contributed by atoms with van der Waals surface area (Å²) >= 11 is 6.05. The topological polar surface area (TPSA) is 70.4 Å². The second kappa shape index (κ2) is 6.87. The highest BCUT2D eigenvalue weighted by Crippen LogP contribution is 2.30. The molecule has 5 nitrogen and oxygen atoms in total. The molecule has 6 heteroatoms. The van der Waals surface area contributed by atoms with Crippen molar-refractivity contribution in [2.75, 3.05) is 0 Å². The van der Waals surface area contributed by atoms with Crippen LogP contribution in [0.5, 0.6) is 0 Å². The van der Waals surface area contributed by atoms with Gasteiger partial charge < -0.3 is 4.57 Å². The number of aromatic nitrogens is 3. The van der Waals surface area contributed by atoms with Crippen LogP contribution in [0.4, 0.5) is 0 Å². The van der Waals surface area contributed by atoms with E-state index in [0.717, 1.165) is 38.8 Å². The fourth-order valence-electron chi connectivity index (χ4n) is 3.81. The molecule has 0 aliphatic heterocycles. The smallest absolute Gasteiger partial charge is 0.207 e. The number of pyridine rings is 1. The summed E-state index contributed by atoms with van der Waals surface area (Å²) in [7, 11) is 1.85. The lowest BCUT2D eigenvalue weighted by molar-refractivity contribution is 0.788. The van der Waals surface area contributed by atoms with Gasteiger partial charge in [-0.2, -0.15) is 5.26 Å². The van der Waals surface area contributed by atoms with Gasteiger partial charge in [-0.25, -0.2) is 0 Å². The number of hydrogen-bond acceptors (Lipinski definition) is 3. The molecule has 0 radical (unpaired) electrons. The summed E-state index contributed by atoms with van der Waals surface area (Å²) in [5.74, 6) is 0. The lowest BCUT2D eigenvalue weighted by atomic mass is 10.0. The van der Waals surface area contributed by atoms with Crippen molar-refractivity contribution in [1.82, 2.24) is 14.1 Å². The summed E-state index contributed by atoms with van der Waals surface area (Å²) in [5, 5.41) is 19.7. The molecular formula is C24H16ClN5. The average molecular weight is 410 g/mol. The van der Waals surface area contributed by atoms with E-state index in [1.807, 2.05) is 60.1 Å². The first-order chi connectivity index (χ1) is 14.6. The van der Waals surface area contributed by atoms with Crippen LogP contribution in [0.15, 0.2) is 72.9 Å². The van der Waals surface area contributed by atoms with Gasteiger partial charge in [0.2, 0.25) is 5.62 Å². The van der Waals surface area contributed by atoms with Crippen molar-refractivity contribution in [3.05, 3.63) is 89.1 Å². The number of nitriles is 1. The first kappa shape index (κ1) is 18.2. The molecule has 5 aromatic rings. The molecule has 0 bridgehead atoms. The predicted molar refractivity (Wildman–Crippen MR) is 119 cm³/mol. The molecule has 5 rings (SSSR count). The van der Waals surface area contributed by atoms with E-state index >= 15 is 0 Å². The molecule has 1 N–H and O–H groups in total. The second-order valence-electron chi connectivity index (χ2n) is 7.11. The quantitative estimate of drug-likeness (QED) is 0.436. The standard InChI is InChI=1S/C24H16ClN5/c1-29-22-14-28-21-10-7-17(16-5-8-18(25)9-6-16)12-20(21)23(22)30(24(29)27)19-4-2-3-15(11-19)13-26/h2-12,14,27H,1H3. The SMILES string of the molecule is Cn1c(=N)n(-c2cccc(C#N)c2)c2c3cc(-c4ccc(Cl)cc4)ccc3ncc21. The van der Waals surface area contributed by atoms with Gasteiger partial charge in [0.15, 0.2) is 0 Å². The molecular weight excluding hydrogens is 394 g/mol. The minimum Gasteiger partial charge on any atom is -0.312 e. The lowest BCUT2D eigenvalue weighted by Gasteiger charge is -2.09. The van der Waals surface area contributed by atoms with Crippen molar-refractivity contribution in [3.8, 4) is 22.9 Å². The summed E-state index contributed by atoms with van der Waals surface area (Å²) in [6.45, 7) is 0. The van der Waals surface area contributed by atoms with E-state index in [9.17, 15) is 5.26 Å². The Hall–Kier alpha value is -3.88. The maximum Gasteiger partial charge on any atom is 0.207 e. The number of hydrogen-bond donors (Lipinski definition) is 1. The van der Waals surface area contributed by atoms with E-state index in [4.69, 9.17) is 17.0 Å². The van der Waals surface area contributed by atoms with Crippen molar-refractivity contribution < 1.29 is 0 Å². The van der Waals surface area contributed by atoms with Crippen LogP contribution in [0.2, 0.25) is 5.02 Å². The maximum atomic E-state index is 9.32. The summed E-state index contributed by atoms with van der Waals surface area (Å²) in [5.41, 5.74) is 6.31. The number of benzene rings is 3. The molecule has 0 saturated heterocycles. The molecule has 30 heavy (non-hydrogen) atoms. The fraction of sp³-hybridized carbons (Fsp3) is 0.0417. The fourth-order valence-corrected chi connectivity index (χ4v) is 3.93. The van der Waals surface area contributed by atoms with Gasteiger partial charge in [0, 0.05) is 17.5 Å². The van der Waals surface area contributed by atoms with Crippen LogP contribution in [-0.2, 0) is 7.05 Å². The average Bonchev–Trinajstić information content (AvgIpc) is 3.04. The van der Waals surface area contributed by atoms with E-state index in [1.54, 1.807) is 22.9 Å². The van der Waals surface area contributed by atoms with Crippen LogP contribution in [0.25, 0.3) is 38.8 Å². The van der Waals surface area contributed by atoms with Gasteiger partial charge in [-0.1, -0.05) is 35.9 Å². The highest BCUT2D eigenvalue weighted by molar-refractivity contribution is 6.30. The van der Waals surface area contributed by atoms with E-state index in [1.165, 1.54) is 0 Å². The third kappa shape index (κ3) is 2.78. The van der Waals surface area contributed by atoms with Gasteiger partial charge >= 0.3 is 0 Å². The molecule has 0 amide bonds. The van der Waals surface area contributed by atoms with Gasteiger partial charge in [0.05, 0.1) is 40.1 Å². The van der Waals surface area contributed by atoms with Crippen LogP contribution in [0.3, 0.4) is 0 Å². The summed E-state index contributed by atoms with van der Waals surface area (Å²) in [6, 6.07) is 23.3. The van der Waals surface area contributed by atoms with E-state index in [0.29, 0.717) is 16.2 Å². The third-order valence-electron chi connectivity index (χ3n) is 5.35. The van der Waals surface area contributed by atoms with E-state index in [2.05, 4.69) is 17.1 Å². The Morgan fingerprint density at radius 3 is 2.53 bits per heavy atom. The van der Waals surface area contributed by atoms with Gasteiger partial charge in [-0.3, -0.25) is 15.0 Å². The van der Waals surface area contributed by atoms with Crippen LogP contribution in [0, 0.1) is 16.7 Å². The normalized spacial score (nSPS) is 11.1. The predicted octanol–water partition coefficient (Wildman–Crippen LogP) is 5.19. The van der Waals surface area contributed by atoms with E-state index in [-0.39, 0.29) is 0 Å². The van der Waals surface area contributed by atoms with Gasteiger partial charge in [-0.05, 0) is 53.6 Å². The van der Waals surface area contributed by atoms with Crippen LogP contribution < -0.4 is 5.62 Å². The number of fused-ring (bicyclic) bond motifs is 3. The Morgan fingerprint density at radius 1 is 1.00 bits per heavy atom. The Balaban J connectivity index is 1.87. The zero-order valence-corrected chi connectivity index (χ0v) is 16.9. The van der Waals surface area contributed by atoms with Crippen LogP contribution >= 0.6 is 11.6 Å². The second-order valence-corrected chi connectivity index (χ2v) is 7.55. The molecule has 0 aliphatic rings. The monoisotopic (exact) mass is 409 g/mol. The third-order valence-corrected chi connectivity index (χ3v) is 5.60. The number of aryl methyl sites for hydroxylation is 1. The highest BCUT2D eigenvalue weighted by Gasteiger charge is 2.15. The lowest BCUT2D eigenvalue weighted by Crippen LogP contribution is -2.21. The Labute approximate surface area is 177 Å². The maximum absolute atomic E-state index is 9.32. The van der Waals surface area contributed by atoms with Crippen molar-refractivity contribution >= 4 is 33.5 Å². The van der Waals surface area contributed by atoms with E-state index < -0.39 is 0 Å². The summed E-state index contributed by atoms with van der Waals surface area (Å²) in [4.78, 5) is 4.61. The number of rotatable bonds is 2. The minimum absolute atomic E-state index is 0.311. The number of nitrogens with zero attached hydrogens (tertiary/aromatic N) is 4. The zero-order valence-electron chi connectivity index (χ0n) is 16.1. The van der Waals surface area contributed by atoms with Gasteiger partial charge in [0.1, 0.15) is 0 Å². The van der Waals surface area contributed by atoms with Crippen LogP contribution in [0.1, 0.15) is 5.56 Å². The van der Waals surface area contributed by atoms with Gasteiger partial charge in [0.25, 0.3) is 0 Å². The molecule has 0 unspecified atom stereocenters. The van der Waals surface area contributed by atoms with Crippen molar-refractivity contribution in [1.29, 1.82) is 10.7 Å². The molecule has 0 saturated carbocycles. The molecule has 0 atom stereocenters. The molecule has 2 heterocycles. The molecule has 0 aliphatic carbocycles. The largest absolute Gasteiger partial charge is 0.312 e. The molecule has 0 spiro atoms. The minimum atomic E-state index is 0.311. The van der Waals surface area contributed by atoms with Gasteiger partial charge in [-0.15, -0.1) is 0 Å². The Kier molecular flexibility index (Phi) is 4.16. The highest BCUT2D eigenvalue weighted by atomic mass is 35.5. The van der Waals surface area contributed by atoms with Crippen molar-refractivity contribution in [2.45, 2.75) is 0 Å².